The number of aryl methyl sites for hydroxylation is 2. The van der Waals surface area contributed by atoms with E-state index in [0.29, 0.717) is 43.7 Å². The van der Waals surface area contributed by atoms with Crippen LogP contribution in [-0.4, -0.2) is 42.3 Å². The number of nitrogens with zero attached hydrogens (tertiary/aromatic N) is 2. The number of amides is 1. The number of esters is 1. The first-order valence-corrected chi connectivity index (χ1v) is 10.3. The van der Waals surface area contributed by atoms with Gasteiger partial charge in [-0.3, -0.25) is 14.2 Å². The van der Waals surface area contributed by atoms with Crippen molar-refractivity contribution in [3.05, 3.63) is 44.8 Å². The molecule has 0 spiro atoms. The highest BCUT2D eigenvalue weighted by atomic mass is 32.1. The number of rotatable bonds is 7. The maximum absolute atomic E-state index is 13.1. The van der Waals surface area contributed by atoms with E-state index in [1.165, 1.54) is 18.8 Å². The zero-order valence-corrected chi connectivity index (χ0v) is 18.7. The number of ether oxygens (including phenoxy) is 3. The fourth-order valence-electron chi connectivity index (χ4n) is 3.13. The zero-order chi connectivity index (χ0) is 22.7. The number of anilines is 1. The third-order valence-electron chi connectivity index (χ3n) is 4.69. The fraction of sp³-hybridized carbons (Fsp3) is 0.333. The Morgan fingerprint density at radius 2 is 1.94 bits per heavy atom. The van der Waals surface area contributed by atoms with Crippen LogP contribution in [0, 0.1) is 13.8 Å². The fourth-order valence-corrected chi connectivity index (χ4v) is 4.24. The van der Waals surface area contributed by atoms with Crippen LogP contribution in [0.1, 0.15) is 28.0 Å². The van der Waals surface area contributed by atoms with Crippen LogP contribution >= 0.6 is 11.3 Å². The minimum absolute atomic E-state index is 0.234. The third-order valence-corrected chi connectivity index (χ3v) is 5.85. The molecule has 1 amide bonds. The first kappa shape index (κ1) is 22.3. The Balaban J connectivity index is 1.93. The Kier molecular flexibility index (Phi) is 6.59. The molecule has 10 heteroatoms. The van der Waals surface area contributed by atoms with Crippen LogP contribution in [-0.2, 0) is 16.1 Å². The Labute approximate surface area is 182 Å². The lowest BCUT2D eigenvalue weighted by atomic mass is 10.2. The molecule has 3 rings (SSSR count). The van der Waals surface area contributed by atoms with Crippen molar-refractivity contribution in [1.82, 2.24) is 9.55 Å². The van der Waals surface area contributed by atoms with Crippen LogP contribution in [0.4, 0.5) is 5.69 Å². The standard InChI is InChI=1S/C21H23N3O6S/c1-6-30-21(27)18-11(2)17-19(31-18)22-12(3)24(20(17)26)10-16(25)23-14-8-7-13(28-4)9-15(14)29-5/h7-9H,6,10H2,1-5H3,(H,23,25). The van der Waals surface area contributed by atoms with Crippen molar-refractivity contribution in [3.8, 4) is 11.5 Å². The molecule has 0 fully saturated rings. The monoisotopic (exact) mass is 445 g/mol. The van der Waals surface area contributed by atoms with Gasteiger partial charge in [-0.15, -0.1) is 11.3 Å². The molecule has 0 bridgehead atoms. The van der Waals surface area contributed by atoms with Gasteiger partial charge in [-0.05, 0) is 38.5 Å². The average Bonchev–Trinajstić information content (AvgIpc) is 3.07. The van der Waals surface area contributed by atoms with Crippen molar-refractivity contribution >= 4 is 39.1 Å². The first-order valence-electron chi connectivity index (χ1n) is 9.50. The normalized spacial score (nSPS) is 10.7. The van der Waals surface area contributed by atoms with Crippen molar-refractivity contribution in [2.24, 2.45) is 0 Å². The number of thiophene rings is 1. The molecular formula is C21H23N3O6S. The van der Waals surface area contributed by atoms with Crippen LogP contribution in [0.3, 0.4) is 0 Å². The van der Waals surface area contributed by atoms with Crippen molar-refractivity contribution in [2.45, 2.75) is 27.3 Å². The molecule has 164 valence electrons. The molecule has 2 aromatic heterocycles. The number of hydrogen-bond acceptors (Lipinski definition) is 8. The van der Waals surface area contributed by atoms with E-state index in [2.05, 4.69) is 10.3 Å². The van der Waals surface area contributed by atoms with E-state index in [-0.39, 0.29) is 18.7 Å². The Bertz CT molecular complexity index is 1210. The van der Waals surface area contributed by atoms with E-state index < -0.39 is 11.9 Å². The summed E-state index contributed by atoms with van der Waals surface area (Å²) in [6.07, 6.45) is 0. The number of hydrogen-bond donors (Lipinski definition) is 1. The minimum Gasteiger partial charge on any atom is -0.497 e. The molecule has 2 heterocycles. The molecule has 0 aliphatic heterocycles. The number of methoxy groups -OCH3 is 2. The van der Waals surface area contributed by atoms with Gasteiger partial charge in [0.1, 0.15) is 33.6 Å². The van der Waals surface area contributed by atoms with E-state index >= 15 is 0 Å². The van der Waals surface area contributed by atoms with E-state index in [1.807, 2.05) is 0 Å². The van der Waals surface area contributed by atoms with Crippen molar-refractivity contribution in [1.29, 1.82) is 0 Å². The summed E-state index contributed by atoms with van der Waals surface area (Å²) in [5.74, 6) is 0.468. The van der Waals surface area contributed by atoms with Crippen LogP contribution in [0.5, 0.6) is 11.5 Å². The second-order valence-corrected chi connectivity index (χ2v) is 7.62. The van der Waals surface area contributed by atoms with Gasteiger partial charge in [0, 0.05) is 6.07 Å². The molecule has 0 aliphatic carbocycles. The van der Waals surface area contributed by atoms with Gasteiger partial charge in [0.05, 0.1) is 31.9 Å². The van der Waals surface area contributed by atoms with Gasteiger partial charge in [-0.25, -0.2) is 9.78 Å². The Hall–Kier alpha value is -3.40. The van der Waals surface area contributed by atoms with E-state index in [9.17, 15) is 14.4 Å². The lowest BCUT2D eigenvalue weighted by molar-refractivity contribution is -0.116. The summed E-state index contributed by atoms with van der Waals surface area (Å²) in [5, 5.41) is 3.05. The average molecular weight is 445 g/mol. The maximum atomic E-state index is 13.1. The maximum Gasteiger partial charge on any atom is 0.348 e. The summed E-state index contributed by atoms with van der Waals surface area (Å²) in [5.41, 5.74) is 0.565. The SMILES string of the molecule is CCOC(=O)c1sc2nc(C)n(CC(=O)Nc3ccc(OC)cc3OC)c(=O)c2c1C. The molecule has 0 radical (unpaired) electrons. The van der Waals surface area contributed by atoms with Gasteiger partial charge < -0.3 is 19.5 Å². The van der Waals surface area contributed by atoms with Crippen LogP contribution < -0.4 is 20.3 Å². The molecule has 0 atom stereocenters. The number of nitrogens with one attached hydrogen (secondary N) is 1. The van der Waals surface area contributed by atoms with E-state index in [1.54, 1.807) is 39.0 Å². The molecule has 1 N–H and O–H groups in total. The van der Waals surface area contributed by atoms with E-state index in [0.717, 1.165) is 11.3 Å². The van der Waals surface area contributed by atoms with Gasteiger partial charge in [0.15, 0.2) is 0 Å². The predicted octanol–water partition coefficient (Wildman–Crippen LogP) is 2.91. The molecule has 0 aliphatic rings. The molecule has 0 saturated heterocycles. The van der Waals surface area contributed by atoms with Crippen LogP contribution in [0.2, 0.25) is 0 Å². The summed E-state index contributed by atoms with van der Waals surface area (Å²) >= 11 is 1.11. The lowest BCUT2D eigenvalue weighted by Gasteiger charge is -2.13. The molecule has 3 aromatic rings. The molecule has 1 aromatic carbocycles. The van der Waals surface area contributed by atoms with Crippen molar-refractivity contribution in [2.75, 3.05) is 26.1 Å². The molecule has 0 saturated carbocycles. The zero-order valence-electron chi connectivity index (χ0n) is 17.9. The van der Waals surface area contributed by atoms with Gasteiger partial charge in [0.2, 0.25) is 5.91 Å². The summed E-state index contributed by atoms with van der Waals surface area (Å²) < 4.78 is 16.8. The van der Waals surface area contributed by atoms with Crippen LogP contribution in [0.15, 0.2) is 23.0 Å². The summed E-state index contributed by atoms with van der Waals surface area (Å²) in [6.45, 7) is 5.02. The summed E-state index contributed by atoms with van der Waals surface area (Å²) in [6, 6.07) is 4.99. The van der Waals surface area contributed by atoms with Gasteiger partial charge >= 0.3 is 5.97 Å². The first-order chi connectivity index (χ1) is 14.8. The Morgan fingerprint density at radius 3 is 2.58 bits per heavy atom. The number of aromatic nitrogens is 2. The number of carbonyl (C=O) groups is 2. The predicted molar refractivity (Wildman–Crippen MR) is 117 cm³/mol. The minimum atomic E-state index is -0.490. The molecular weight excluding hydrogens is 422 g/mol. The number of benzene rings is 1. The van der Waals surface area contributed by atoms with Gasteiger partial charge in [-0.1, -0.05) is 0 Å². The smallest absolute Gasteiger partial charge is 0.348 e. The van der Waals surface area contributed by atoms with Gasteiger partial charge in [0.25, 0.3) is 5.56 Å². The lowest BCUT2D eigenvalue weighted by Crippen LogP contribution is -2.30. The van der Waals surface area contributed by atoms with Crippen molar-refractivity contribution < 1.29 is 23.8 Å². The van der Waals surface area contributed by atoms with E-state index in [4.69, 9.17) is 14.2 Å². The molecule has 31 heavy (non-hydrogen) atoms. The third kappa shape index (κ3) is 4.38. The van der Waals surface area contributed by atoms with Crippen molar-refractivity contribution in [3.63, 3.8) is 0 Å². The highest BCUT2D eigenvalue weighted by Gasteiger charge is 2.22. The quantitative estimate of drug-likeness (QED) is 0.557. The molecule has 9 nitrogen and oxygen atoms in total. The summed E-state index contributed by atoms with van der Waals surface area (Å²) in [4.78, 5) is 43.2. The molecule has 0 unspecified atom stereocenters. The second kappa shape index (κ2) is 9.17. The summed E-state index contributed by atoms with van der Waals surface area (Å²) in [7, 11) is 3.02. The van der Waals surface area contributed by atoms with Gasteiger partial charge in [-0.2, -0.15) is 0 Å². The number of fused-ring (bicyclic) bond motifs is 1. The van der Waals surface area contributed by atoms with Crippen LogP contribution in [0.25, 0.3) is 10.2 Å². The topological polar surface area (TPSA) is 109 Å². The highest BCUT2D eigenvalue weighted by Crippen LogP contribution is 2.30. The Morgan fingerprint density at radius 1 is 1.19 bits per heavy atom. The number of carbonyl (C=O) groups excluding carboxylic acids is 2. The largest absolute Gasteiger partial charge is 0.497 e. The highest BCUT2D eigenvalue weighted by molar-refractivity contribution is 7.20. The second-order valence-electron chi connectivity index (χ2n) is 6.62.